The molecule has 0 N–H and O–H groups in total. The topological polar surface area (TPSA) is 22.0 Å². The highest BCUT2D eigenvalue weighted by Gasteiger charge is 2.07. The van der Waals surface area contributed by atoms with Crippen LogP contribution >= 0.6 is 0 Å². The Labute approximate surface area is 159 Å². The fraction of sp³-hybridized carbons (Fsp3) is 0.0800. The van der Waals surface area contributed by atoms with Gasteiger partial charge in [0.1, 0.15) is 0 Å². The molecule has 2 heteroatoms. The lowest BCUT2D eigenvalue weighted by Crippen LogP contribution is -1.97. The van der Waals surface area contributed by atoms with Crippen LogP contribution in [0, 0.1) is 6.92 Å². The van der Waals surface area contributed by atoms with Gasteiger partial charge in [0.05, 0.1) is 0 Å². The minimum atomic E-state index is 0.0194. The van der Waals surface area contributed by atoms with Gasteiger partial charge in [0.25, 0.3) is 0 Å². The minimum Gasteiger partial charge on any atom is -0.342 e. The fourth-order valence-corrected chi connectivity index (χ4v) is 3.29. The van der Waals surface area contributed by atoms with Crippen LogP contribution in [0.3, 0.4) is 0 Å². The molecular weight excluding hydrogens is 330 g/mol. The van der Waals surface area contributed by atoms with E-state index in [0.29, 0.717) is 5.56 Å². The third-order valence-electron chi connectivity index (χ3n) is 4.77. The second-order valence-corrected chi connectivity index (χ2v) is 6.78. The number of rotatable bonds is 5. The molecule has 132 valence electrons. The summed E-state index contributed by atoms with van der Waals surface area (Å²) in [5, 5.41) is 1.15. The van der Waals surface area contributed by atoms with Crippen LogP contribution in [0.25, 0.3) is 17.0 Å². The average Bonchev–Trinajstić information content (AvgIpc) is 3.06. The predicted octanol–water partition coefficient (Wildman–Crippen LogP) is 5.89. The van der Waals surface area contributed by atoms with E-state index in [1.807, 2.05) is 42.5 Å². The van der Waals surface area contributed by atoms with Crippen LogP contribution in [0.2, 0.25) is 0 Å². The van der Waals surface area contributed by atoms with E-state index in [4.69, 9.17) is 0 Å². The number of carbonyl (C=O) groups excluding carboxylic acids is 1. The maximum Gasteiger partial charge on any atom is 0.185 e. The lowest BCUT2D eigenvalue weighted by molar-refractivity contribution is 0.104. The normalized spacial score (nSPS) is 11.3. The molecular formula is C25H21NO. The van der Waals surface area contributed by atoms with E-state index in [1.54, 1.807) is 6.08 Å². The van der Waals surface area contributed by atoms with E-state index >= 15 is 0 Å². The summed E-state index contributed by atoms with van der Waals surface area (Å²) < 4.78 is 2.24. The molecule has 2 nitrogen and oxygen atoms in total. The van der Waals surface area contributed by atoms with Crippen LogP contribution in [0.1, 0.15) is 27.0 Å². The SMILES string of the molecule is Cc1ccc(Cn2cc(/C=C/C(=O)c3ccccc3)c3ccccc32)cc1. The van der Waals surface area contributed by atoms with Gasteiger partial charge in [-0.05, 0) is 30.7 Å². The Balaban J connectivity index is 1.66. The van der Waals surface area contributed by atoms with Crippen molar-refractivity contribution in [1.82, 2.24) is 4.57 Å². The lowest BCUT2D eigenvalue weighted by Gasteiger charge is -2.06. The van der Waals surface area contributed by atoms with Gasteiger partial charge in [-0.3, -0.25) is 4.79 Å². The van der Waals surface area contributed by atoms with Crippen molar-refractivity contribution in [1.29, 1.82) is 0 Å². The van der Waals surface area contributed by atoms with Crippen molar-refractivity contribution in [3.8, 4) is 0 Å². The largest absolute Gasteiger partial charge is 0.342 e. The van der Waals surface area contributed by atoms with Crippen molar-refractivity contribution >= 4 is 22.8 Å². The van der Waals surface area contributed by atoms with Crippen LogP contribution in [-0.2, 0) is 6.54 Å². The Morgan fingerprint density at radius 3 is 2.37 bits per heavy atom. The number of benzene rings is 3. The molecule has 1 aromatic heterocycles. The molecule has 3 aromatic carbocycles. The first-order chi connectivity index (χ1) is 13.2. The average molecular weight is 351 g/mol. The predicted molar refractivity (Wildman–Crippen MR) is 112 cm³/mol. The highest BCUT2D eigenvalue weighted by molar-refractivity contribution is 6.07. The van der Waals surface area contributed by atoms with E-state index in [0.717, 1.165) is 17.5 Å². The summed E-state index contributed by atoms with van der Waals surface area (Å²) in [6.07, 6.45) is 5.70. The molecule has 0 aliphatic heterocycles. The van der Waals surface area contributed by atoms with Crippen LogP contribution < -0.4 is 0 Å². The molecule has 4 rings (SSSR count). The van der Waals surface area contributed by atoms with Crippen molar-refractivity contribution < 1.29 is 4.79 Å². The summed E-state index contributed by atoms with van der Waals surface area (Å²) in [7, 11) is 0. The Bertz CT molecular complexity index is 1100. The second-order valence-electron chi connectivity index (χ2n) is 6.78. The smallest absolute Gasteiger partial charge is 0.185 e. The highest BCUT2D eigenvalue weighted by Crippen LogP contribution is 2.24. The fourth-order valence-electron chi connectivity index (χ4n) is 3.29. The summed E-state index contributed by atoms with van der Waals surface area (Å²) in [5.41, 5.74) is 5.46. The number of hydrogen-bond acceptors (Lipinski definition) is 1. The molecule has 4 aromatic rings. The first-order valence-corrected chi connectivity index (χ1v) is 9.11. The maximum absolute atomic E-state index is 12.4. The molecule has 0 amide bonds. The van der Waals surface area contributed by atoms with Crippen LogP contribution in [0.5, 0.6) is 0 Å². The van der Waals surface area contributed by atoms with Gasteiger partial charge in [0.15, 0.2) is 5.78 Å². The Kier molecular flexibility index (Phi) is 4.71. The molecule has 0 aliphatic rings. The molecule has 0 atom stereocenters. The summed E-state index contributed by atoms with van der Waals surface area (Å²) in [4.78, 5) is 12.4. The number of ketones is 1. The van der Waals surface area contributed by atoms with Crippen LogP contribution in [0.15, 0.2) is 91.1 Å². The lowest BCUT2D eigenvalue weighted by atomic mass is 10.1. The summed E-state index contributed by atoms with van der Waals surface area (Å²) >= 11 is 0. The van der Waals surface area contributed by atoms with Crippen molar-refractivity contribution in [2.75, 3.05) is 0 Å². The number of allylic oxidation sites excluding steroid dienone is 1. The third kappa shape index (κ3) is 3.75. The third-order valence-corrected chi connectivity index (χ3v) is 4.77. The standard InChI is InChI=1S/C25H21NO/c1-19-11-13-20(14-12-19)17-26-18-22(23-9-5-6-10-24(23)26)15-16-25(27)21-7-3-2-4-8-21/h2-16,18H,17H2,1H3/b16-15+. The summed E-state index contributed by atoms with van der Waals surface area (Å²) in [6.45, 7) is 2.91. The van der Waals surface area contributed by atoms with Gasteiger partial charge >= 0.3 is 0 Å². The number of para-hydroxylation sites is 1. The summed E-state index contributed by atoms with van der Waals surface area (Å²) in [6, 6.07) is 26.3. The zero-order chi connectivity index (χ0) is 18.6. The number of fused-ring (bicyclic) bond motifs is 1. The maximum atomic E-state index is 12.4. The Hall–Kier alpha value is -3.39. The molecule has 0 radical (unpaired) electrons. The Morgan fingerprint density at radius 1 is 0.889 bits per heavy atom. The quantitative estimate of drug-likeness (QED) is 0.324. The number of hydrogen-bond donors (Lipinski definition) is 0. The number of aryl methyl sites for hydroxylation is 1. The van der Waals surface area contributed by atoms with E-state index in [2.05, 4.69) is 60.2 Å². The van der Waals surface area contributed by atoms with E-state index in [1.165, 1.54) is 16.6 Å². The van der Waals surface area contributed by atoms with Crippen molar-refractivity contribution in [3.05, 3.63) is 113 Å². The zero-order valence-corrected chi connectivity index (χ0v) is 15.3. The molecule has 0 aliphatic carbocycles. The minimum absolute atomic E-state index is 0.0194. The molecule has 0 unspecified atom stereocenters. The molecule has 0 fully saturated rings. The van der Waals surface area contributed by atoms with Gasteiger partial charge in [0.2, 0.25) is 0 Å². The van der Waals surface area contributed by atoms with Gasteiger partial charge < -0.3 is 4.57 Å². The van der Waals surface area contributed by atoms with Crippen molar-refractivity contribution in [2.24, 2.45) is 0 Å². The first-order valence-electron chi connectivity index (χ1n) is 9.11. The second kappa shape index (κ2) is 7.46. The number of nitrogens with zero attached hydrogens (tertiary/aromatic N) is 1. The monoisotopic (exact) mass is 351 g/mol. The van der Waals surface area contributed by atoms with Gasteiger partial charge in [-0.1, -0.05) is 78.4 Å². The van der Waals surface area contributed by atoms with E-state index < -0.39 is 0 Å². The van der Waals surface area contributed by atoms with Crippen molar-refractivity contribution in [3.63, 3.8) is 0 Å². The highest BCUT2D eigenvalue weighted by atomic mass is 16.1. The van der Waals surface area contributed by atoms with Crippen molar-refractivity contribution in [2.45, 2.75) is 13.5 Å². The zero-order valence-electron chi connectivity index (χ0n) is 15.3. The van der Waals surface area contributed by atoms with Crippen LogP contribution in [0.4, 0.5) is 0 Å². The van der Waals surface area contributed by atoms with E-state index in [-0.39, 0.29) is 5.78 Å². The van der Waals surface area contributed by atoms with Crippen LogP contribution in [-0.4, -0.2) is 10.4 Å². The molecule has 0 bridgehead atoms. The number of carbonyl (C=O) groups is 1. The van der Waals surface area contributed by atoms with Gasteiger partial charge in [-0.25, -0.2) is 0 Å². The molecule has 0 saturated heterocycles. The molecule has 27 heavy (non-hydrogen) atoms. The molecule has 0 saturated carbocycles. The van der Waals surface area contributed by atoms with Gasteiger partial charge in [0, 0.05) is 34.8 Å². The van der Waals surface area contributed by atoms with E-state index in [9.17, 15) is 4.79 Å². The number of aromatic nitrogens is 1. The first kappa shape index (κ1) is 17.0. The van der Waals surface area contributed by atoms with Gasteiger partial charge in [-0.15, -0.1) is 0 Å². The molecule has 0 spiro atoms. The van der Waals surface area contributed by atoms with Gasteiger partial charge in [-0.2, -0.15) is 0 Å². The summed E-state index contributed by atoms with van der Waals surface area (Å²) in [5.74, 6) is 0.0194. The Morgan fingerprint density at radius 2 is 1.59 bits per heavy atom. The molecule has 1 heterocycles.